The van der Waals surface area contributed by atoms with Crippen LogP contribution in [0, 0.1) is 6.92 Å². The first-order valence-corrected chi connectivity index (χ1v) is 11.6. The normalized spacial score (nSPS) is 11.1. The monoisotopic (exact) mass is 473 g/mol. The molecule has 10 heteroatoms. The molecule has 166 valence electrons. The maximum absolute atomic E-state index is 12.7. The molecule has 0 bridgehead atoms. The van der Waals surface area contributed by atoms with Gasteiger partial charge >= 0.3 is 5.97 Å². The van der Waals surface area contributed by atoms with Crippen LogP contribution in [0.1, 0.15) is 38.9 Å². The molecule has 3 aromatic rings. The van der Waals surface area contributed by atoms with E-state index in [1.807, 2.05) is 6.92 Å². The molecule has 0 unspecified atom stereocenters. The van der Waals surface area contributed by atoms with Gasteiger partial charge in [-0.15, -0.1) is 0 Å². The number of nitrogens with one attached hydrogen (secondary N) is 1. The van der Waals surface area contributed by atoms with E-state index in [-0.39, 0.29) is 23.1 Å². The number of carbonyl (C=O) groups excluding carboxylic acids is 2. The predicted octanol–water partition coefficient (Wildman–Crippen LogP) is 3.84. The van der Waals surface area contributed by atoms with Crippen LogP contribution in [0.5, 0.6) is 0 Å². The van der Waals surface area contributed by atoms with Crippen molar-refractivity contribution >= 4 is 39.0 Å². The standard InChI is InChI=1S/C22H20ClN3O5S/c1-3-31-21(28)16-8-10-17(11-9-16)25-20(27)19-18(23)12-24-22(26-19)32(29,30)13-15-6-4-14(2)5-7-15/h4-12H,3,13H2,1-2H3,(H,25,27). The number of nitrogens with zero attached hydrogens (tertiary/aromatic N) is 2. The molecule has 0 aliphatic heterocycles. The second-order valence-corrected chi connectivity index (χ2v) is 9.14. The Labute approximate surface area is 190 Å². The molecule has 2 aromatic carbocycles. The van der Waals surface area contributed by atoms with Gasteiger partial charge in [0.15, 0.2) is 5.69 Å². The fourth-order valence-corrected chi connectivity index (χ4v) is 4.10. The number of aryl methyl sites for hydroxylation is 1. The van der Waals surface area contributed by atoms with Gasteiger partial charge in [-0.2, -0.15) is 0 Å². The summed E-state index contributed by atoms with van der Waals surface area (Å²) in [6.07, 6.45) is 1.08. The number of hydrogen-bond donors (Lipinski definition) is 1. The number of rotatable bonds is 7. The largest absolute Gasteiger partial charge is 0.462 e. The zero-order valence-electron chi connectivity index (χ0n) is 17.3. The Morgan fingerprint density at radius 3 is 2.34 bits per heavy atom. The van der Waals surface area contributed by atoms with Crippen molar-refractivity contribution in [1.29, 1.82) is 0 Å². The zero-order chi connectivity index (χ0) is 23.3. The molecule has 0 saturated carbocycles. The molecule has 3 rings (SSSR count). The molecule has 8 nitrogen and oxygen atoms in total. The Kier molecular flexibility index (Phi) is 7.22. The highest BCUT2D eigenvalue weighted by atomic mass is 35.5. The summed E-state index contributed by atoms with van der Waals surface area (Å²) in [4.78, 5) is 32.1. The van der Waals surface area contributed by atoms with E-state index in [1.54, 1.807) is 31.2 Å². The van der Waals surface area contributed by atoms with Crippen molar-refractivity contribution in [1.82, 2.24) is 9.97 Å². The summed E-state index contributed by atoms with van der Waals surface area (Å²) in [5, 5.41) is 1.98. The van der Waals surface area contributed by atoms with Gasteiger partial charge in [-0.25, -0.2) is 23.2 Å². The van der Waals surface area contributed by atoms with E-state index in [1.165, 1.54) is 24.3 Å². The Morgan fingerprint density at radius 1 is 1.06 bits per heavy atom. The zero-order valence-corrected chi connectivity index (χ0v) is 18.9. The number of carbonyl (C=O) groups is 2. The summed E-state index contributed by atoms with van der Waals surface area (Å²) in [6.45, 7) is 3.85. The third-order valence-corrected chi connectivity index (χ3v) is 6.09. The Morgan fingerprint density at radius 2 is 1.72 bits per heavy atom. The first kappa shape index (κ1) is 23.4. The molecular weight excluding hydrogens is 454 g/mol. The summed E-state index contributed by atoms with van der Waals surface area (Å²) in [6, 6.07) is 13.0. The molecule has 0 aliphatic carbocycles. The summed E-state index contributed by atoms with van der Waals surface area (Å²) in [7, 11) is -3.90. The van der Waals surface area contributed by atoms with Gasteiger partial charge in [0.25, 0.3) is 5.91 Å². The first-order valence-electron chi connectivity index (χ1n) is 9.59. The van der Waals surface area contributed by atoms with Crippen LogP contribution in [0.15, 0.2) is 59.9 Å². The summed E-state index contributed by atoms with van der Waals surface area (Å²) < 4.78 is 30.4. The summed E-state index contributed by atoms with van der Waals surface area (Å²) >= 11 is 6.04. The smallest absolute Gasteiger partial charge is 0.338 e. The van der Waals surface area contributed by atoms with Gasteiger partial charge in [-0.3, -0.25) is 4.79 Å². The molecule has 0 fully saturated rings. The van der Waals surface area contributed by atoms with Crippen molar-refractivity contribution in [3.63, 3.8) is 0 Å². The maximum atomic E-state index is 12.7. The highest BCUT2D eigenvalue weighted by Gasteiger charge is 2.23. The van der Waals surface area contributed by atoms with Crippen molar-refractivity contribution < 1.29 is 22.7 Å². The van der Waals surface area contributed by atoms with Gasteiger partial charge in [0, 0.05) is 5.69 Å². The van der Waals surface area contributed by atoms with Crippen molar-refractivity contribution in [3.05, 3.63) is 82.1 Å². The average Bonchev–Trinajstić information content (AvgIpc) is 2.76. The summed E-state index contributed by atoms with van der Waals surface area (Å²) in [5.74, 6) is -1.51. The lowest BCUT2D eigenvalue weighted by Gasteiger charge is -2.09. The predicted molar refractivity (Wildman–Crippen MR) is 119 cm³/mol. The van der Waals surface area contributed by atoms with Crippen LogP contribution in [0.25, 0.3) is 0 Å². The van der Waals surface area contributed by atoms with Crippen LogP contribution in [0.2, 0.25) is 5.02 Å². The number of halogens is 1. The summed E-state index contributed by atoms with van der Waals surface area (Å²) in [5.41, 5.74) is 1.99. The molecule has 32 heavy (non-hydrogen) atoms. The Bertz CT molecular complexity index is 1240. The minimum Gasteiger partial charge on any atom is -0.462 e. The van der Waals surface area contributed by atoms with Gasteiger partial charge in [0.2, 0.25) is 15.0 Å². The van der Waals surface area contributed by atoms with Crippen LogP contribution in [0.3, 0.4) is 0 Å². The van der Waals surface area contributed by atoms with Crippen LogP contribution in [-0.4, -0.2) is 36.9 Å². The van der Waals surface area contributed by atoms with Crippen molar-refractivity contribution in [3.8, 4) is 0 Å². The molecule has 1 heterocycles. The third-order valence-electron chi connectivity index (χ3n) is 4.35. The van der Waals surface area contributed by atoms with Crippen molar-refractivity contribution in [2.45, 2.75) is 24.8 Å². The van der Waals surface area contributed by atoms with E-state index in [2.05, 4.69) is 15.3 Å². The lowest BCUT2D eigenvalue weighted by atomic mass is 10.2. The topological polar surface area (TPSA) is 115 Å². The fourth-order valence-electron chi connectivity index (χ4n) is 2.72. The first-order chi connectivity index (χ1) is 15.2. The van der Waals surface area contributed by atoms with Gasteiger partial charge in [-0.05, 0) is 43.7 Å². The molecule has 1 amide bonds. The van der Waals surface area contributed by atoms with Crippen LogP contribution in [0.4, 0.5) is 5.69 Å². The van der Waals surface area contributed by atoms with E-state index in [4.69, 9.17) is 16.3 Å². The molecule has 0 radical (unpaired) electrons. The molecule has 0 saturated heterocycles. The van der Waals surface area contributed by atoms with Gasteiger partial charge in [-0.1, -0.05) is 41.4 Å². The Balaban J connectivity index is 1.79. The highest BCUT2D eigenvalue weighted by Crippen LogP contribution is 2.20. The average molecular weight is 474 g/mol. The number of amides is 1. The number of aromatic nitrogens is 2. The molecule has 1 aromatic heterocycles. The highest BCUT2D eigenvalue weighted by molar-refractivity contribution is 7.90. The van der Waals surface area contributed by atoms with Crippen molar-refractivity contribution in [2.24, 2.45) is 0 Å². The fraction of sp³-hybridized carbons (Fsp3) is 0.182. The van der Waals surface area contributed by atoms with E-state index in [0.717, 1.165) is 11.8 Å². The minimum absolute atomic E-state index is 0.0973. The van der Waals surface area contributed by atoms with Crippen LogP contribution in [-0.2, 0) is 20.3 Å². The number of anilines is 1. The number of esters is 1. The molecule has 1 N–H and O–H groups in total. The second-order valence-electron chi connectivity index (χ2n) is 6.85. The number of sulfone groups is 1. The minimum atomic E-state index is -3.90. The van der Waals surface area contributed by atoms with E-state index >= 15 is 0 Å². The lowest BCUT2D eigenvalue weighted by Crippen LogP contribution is -2.18. The molecule has 0 aliphatic rings. The van der Waals surface area contributed by atoms with E-state index < -0.39 is 26.9 Å². The molecular formula is C22H20ClN3O5S. The van der Waals surface area contributed by atoms with E-state index in [9.17, 15) is 18.0 Å². The SMILES string of the molecule is CCOC(=O)c1ccc(NC(=O)c2nc(S(=O)(=O)Cc3ccc(C)cc3)ncc2Cl)cc1. The van der Waals surface area contributed by atoms with Gasteiger partial charge in [0.1, 0.15) is 0 Å². The maximum Gasteiger partial charge on any atom is 0.338 e. The molecule has 0 spiro atoms. The van der Waals surface area contributed by atoms with E-state index in [0.29, 0.717) is 16.8 Å². The second kappa shape index (κ2) is 9.88. The quantitative estimate of drug-likeness (QED) is 0.409. The molecule has 0 atom stereocenters. The third kappa shape index (κ3) is 5.68. The Hall–Kier alpha value is -3.30. The van der Waals surface area contributed by atoms with Gasteiger partial charge < -0.3 is 10.1 Å². The van der Waals surface area contributed by atoms with Crippen LogP contribution >= 0.6 is 11.6 Å². The van der Waals surface area contributed by atoms with Crippen molar-refractivity contribution in [2.75, 3.05) is 11.9 Å². The number of ether oxygens (including phenoxy) is 1. The van der Waals surface area contributed by atoms with Gasteiger partial charge in [0.05, 0.1) is 29.1 Å². The lowest BCUT2D eigenvalue weighted by molar-refractivity contribution is 0.0526. The number of hydrogen-bond acceptors (Lipinski definition) is 7. The van der Waals surface area contributed by atoms with Crippen LogP contribution < -0.4 is 5.32 Å². The number of benzene rings is 2.